The molecule has 0 unspecified atom stereocenters. The smallest absolute Gasteiger partial charge is 0.141 e. The average molecular weight is 293 g/mol. The predicted octanol–water partition coefficient (Wildman–Crippen LogP) is 4.15. The molecule has 0 bridgehead atoms. The van der Waals surface area contributed by atoms with Gasteiger partial charge in [0.1, 0.15) is 5.82 Å². The van der Waals surface area contributed by atoms with E-state index in [1.807, 2.05) is 32.3 Å². The van der Waals surface area contributed by atoms with Gasteiger partial charge in [0.25, 0.3) is 0 Å². The van der Waals surface area contributed by atoms with E-state index in [-0.39, 0.29) is 10.8 Å². The normalized spacial score (nSPS) is 10.8. The maximum Gasteiger partial charge on any atom is 0.141 e. The molecule has 0 aromatic heterocycles. The van der Waals surface area contributed by atoms with E-state index < -0.39 is 0 Å². The lowest BCUT2D eigenvalue weighted by Gasteiger charge is -2.15. The van der Waals surface area contributed by atoms with Crippen molar-refractivity contribution in [3.8, 4) is 0 Å². The van der Waals surface area contributed by atoms with Gasteiger partial charge in [0, 0.05) is 18.8 Å². The molecule has 0 aliphatic rings. The highest BCUT2D eigenvalue weighted by Crippen LogP contribution is 2.20. The Hall–Kier alpha value is -1.58. The Morgan fingerprint density at radius 2 is 1.90 bits per heavy atom. The van der Waals surface area contributed by atoms with Crippen LogP contribution in [0.5, 0.6) is 0 Å². The first-order valence-corrected chi connectivity index (χ1v) is 6.84. The van der Waals surface area contributed by atoms with Gasteiger partial charge in [-0.3, -0.25) is 0 Å². The van der Waals surface area contributed by atoms with Crippen LogP contribution < -0.4 is 5.32 Å². The minimum absolute atomic E-state index is 0.158. The molecule has 0 radical (unpaired) electrons. The van der Waals surface area contributed by atoms with Gasteiger partial charge in [-0.25, -0.2) is 4.39 Å². The molecule has 0 heterocycles. The van der Waals surface area contributed by atoms with Crippen molar-refractivity contribution < 1.29 is 4.39 Å². The number of halogens is 2. The molecule has 1 N–H and O–H groups in total. The number of rotatable bonds is 5. The highest BCUT2D eigenvalue weighted by molar-refractivity contribution is 6.30. The fraction of sp³-hybridized carbons (Fsp3) is 0.250. The minimum atomic E-state index is -0.386. The molecule has 106 valence electrons. The Morgan fingerprint density at radius 1 is 1.15 bits per heavy atom. The fourth-order valence-corrected chi connectivity index (χ4v) is 2.22. The number of nitrogens with one attached hydrogen (secondary N) is 1. The zero-order valence-corrected chi connectivity index (χ0v) is 12.4. The molecule has 2 aromatic carbocycles. The largest absolute Gasteiger partial charge is 0.381 e. The second-order valence-corrected chi connectivity index (χ2v) is 5.40. The van der Waals surface area contributed by atoms with Gasteiger partial charge in [-0.2, -0.15) is 0 Å². The zero-order valence-electron chi connectivity index (χ0n) is 11.7. The van der Waals surface area contributed by atoms with E-state index in [1.54, 1.807) is 12.1 Å². The molecular formula is C16H18ClFN2. The number of para-hydroxylation sites is 1. The molecule has 0 spiro atoms. The molecule has 4 heteroatoms. The van der Waals surface area contributed by atoms with Crippen LogP contribution in [0.3, 0.4) is 0 Å². The highest BCUT2D eigenvalue weighted by atomic mass is 35.5. The third-order valence-corrected chi connectivity index (χ3v) is 3.26. The van der Waals surface area contributed by atoms with Crippen LogP contribution in [0.25, 0.3) is 0 Å². The van der Waals surface area contributed by atoms with Gasteiger partial charge in [-0.05, 0) is 43.4 Å². The maximum atomic E-state index is 13.1. The number of nitrogens with zero attached hydrogens (tertiary/aromatic N) is 1. The van der Waals surface area contributed by atoms with Crippen molar-refractivity contribution in [1.29, 1.82) is 0 Å². The van der Waals surface area contributed by atoms with Gasteiger partial charge >= 0.3 is 0 Å². The summed E-state index contributed by atoms with van der Waals surface area (Å²) in [5.41, 5.74) is 3.27. The van der Waals surface area contributed by atoms with Gasteiger partial charge in [-0.15, -0.1) is 0 Å². The molecule has 0 aliphatic heterocycles. The van der Waals surface area contributed by atoms with Crippen LogP contribution in [0.1, 0.15) is 11.1 Å². The van der Waals surface area contributed by atoms with Crippen LogP contribution in [-0.4, -0.2) is 19.0 Å². The zero-order chi connectivity index (χ0) is 14.5. The van der Waals surface area contributed by atoms with E-state index in [1.165, 1.54) is 11.6 Å². The van der Waals surface area contributed by atoms with E-state index in [2.05, 4.69) is 16.3 Å². The first-order valence-electron chi connectivity index (χ1n) is 6.46. The summed E-state index contributed by atoms with van der Waals surface area (Å²) >= 11 is 5.79. The van der Waals surface area contributed by atoms with Crippen molar-refractivity contribution in [3.05, 3.63) is 64.4 Å². The van der Waals surface area contributed by atoms with E-state index >= 15 is 0 Å². The van der Waals surface area contributed by atoms with Crippen LogP contribution in [0.2, 0.25) is 5.02 Å². The number of anilines is 1. The molecule has 0 aliphatic carbocycles. The Bertz CT molecular complexity index is 584. The van der Waals surface area contributed by atoms with Gasteiger partial charge in [0.05, 0.1) is 5.02 Å². The van der Waals surface area contributed by atoms with Crippen molar-refractivity contribution in [2.24, 2.45) is 0 Å². The van der Waals surface area contributed by atoms with Crippen LogP contribution >= 0.6 is 11.6 Å². The van der Waals surface area contributed by atoms with E-state index in [9.17, 15) is 4.39 Å². The second kappa shape index (κ2) is 6.73. The third-order valence-electron chi connectivity index (χ3n) is 2.97. The standard InChI is InChI=1S/C16H18ClFN2/c1-20(2)11-13-5-3-4-6-16(13)19-10-12-7-8-15(18)14(17)9-12/h3-9,19H,10-11H2,1-2H3. The number of benzene rings is 2. The van der Waals surface area contributed by atoms with Crippen molar-refractivity contribution in [2.45, 2.75) is 13.1 Å². The summed E-state index contributed by atoms with van der Waals surface area (Å²) in [5.74, 6) is -0.386. The Labute approximate surface area is 124 Å². The van der Waals surface area contributed by atoms with E-state index in [0.717, 1.165) is 17.8 Å². The molecule has 0 fully saturated rings. The Kier molecular flexibility index (Phi) is 4.99. The summed E-state index contributed by atoms with van der Waals surface area (Å²) in [7, 11) is 4.08. The molecular weight excluding hydrogens is 275 g/mol. The maximum absolute atomic E-state index is 13.1. The quantitative estimate of drug-likeness (QED) is 0.890. The molecule has 20 heavy (non-hydrogen) atoms. The van der Waals surface area contributed by atoms with Gasteiger partial charge in [0.15, 0.2) is 0 Å². The van der Waals surface area contributed by atoms with Crippen molar-refractivity contribution >= 4 is 17.3 Å². The molecule has 0 saturated carbocycles. The molecule has 2 rings (SSSR count). The first kappa shape index (κ1) is 14.8. The average Bonchev–Trinajstić information content (AvgIpc) is 2.41. The van der Waals surface area contributed by atoms with Gasteiger partial charge in [-0.1, -0.05) is 35.9 Å². The van der Waals surface area contributed by atoms with E-state index in [0.29, 0.717) is 6.54 Å². The van der Waals surface area contributed by atoms with Crippen molar-refractivity contribution in [1.82, 2.24) is 4.90 Å². The predicted molar refractivity (Wildman–Crippen MR) is 82.6 cm³/mol. The lowest BCUT2D eigenvalue weighted by atomic mass is 10.1. The summed E-state index contributed by atoms with van der Waals surface area (Å²) in [5, 5.41) is 3.53. The first-order chi connectivity index (χ1) is 9.56. The van der Waals surface area contributed by atoms with Crippen molar-refractivity contribution in [3.63, 3.8) is 0 Å². The van der Waals surface area contributed by atoms with Gasteiger partial charge in [0.2, 0.25) is 0 Å². The highest BCUT2D eigenvalue weighted by Gasteiger charge is 2.04. The monoisotopic (exact) mass is 292 g/mol. The van der Waals surface area contributed by atoms with Crippen LogP contribution in [0, 0.1) is 5.82 Å². The van der Waals surface area contributed by atoms with Crippen LogP contribution in [0.4, 0.5) is 10.1 Å². The summed E-state index contributed by atoms with van der Waals surface area (Å²) < 4.78 is 13.1. The molecule has 2 nitrogen and oxygen atoms in total. The summed E-state index contributed by atoms with van der Waals surface area (Å²) in [6.45, 7) is 1.48. The number of hydrogen-bond donors (Lipinski definition) is 1. The summed E-state index contributed by atoms with van der Waals surface area (Å²) in [6, 6.07) is 13.0. The third kappa shape index (κ3) is 3.95. The Morgan fingerprint density at radius 3 is 2.60 bits per heavy atom. The minimum Gasteiger partial charge on any atom is -0.381 e. The van der Waals surface area contributed by atoms with Crippen LogP contribution in [0.15, 0.2) is 42.5 Å². The second-order valence-electron chi connectivity index (χ2n) is 5.00. The van der Waals surface area contributed by atoms with Crippen molar-refractivity contribution in [2.75, 3.05) is 19.4 Å². The molecule has 2 aromatic rings. The molecule has 0 amide bonds. The SMILES string of the molecule is CN(C)Cc1ccccc1NCc1ccc(F)c(Cl)c1. The summed E-state index contributed by atoms with van der Waals surface area (Å²) in [6.07, 6.45) is 0. The lowest BCUT2D eigenvalue weighted by Crippen LogP contribution is -2.12. The van der Waals surface area contributed by atoms with Gasteiger partial charge < -0.3 is 10.2 Å². The topological polar surface area (TPSA) is 15.3 Å². The Balaban J connectivity index is 2.08. The summed E-state index contributed by atoms with van der Waals surface area (Å²) in [4.78, 5) is 2.12. The fourth-order valence-electron chi connectivity index (χ4n) is 2.02. The molecule has 0 atom stereocenters. The number of hydrogen-bond acceptors (Lipinski definition) is 2. The lowest BCUT2D eigenvalue weighted by molar-refractivity contribution is 0.403. The van der Waals surface area contributed by atoms with Crippen LogP contribution in [-0.2, 0) is 13.1 Å². The molecule has 0 saturated heterocycles. The van der Waals surface area contributed by atoms with E-state index in [4.69, 9.17) is 11.6 Å².